The third kappa shape index (κ3) is 2.17. The number of carbonyl (C=O) groups excluding carboxylic acids is 1. The predicted molar refractivity (Wildman–Crippen MR) is 91.7 cm³/mol. The van der Waals surface area contributed by atoms with Gasteiger partial charge in [0.25, 0.3) is 5.91 Å². The van der Waals surface area contributed by atoms with Gasteiger partial charge in [0.05, 0.1) is 16.7 Å². The molecule has 3 heterocycles. The minimum Gasteiger partial charge on any atom is -0.294 e. The summed E-state index contributed by atoms with van der Waals surface area (Å²) in [6.45, 7) is 2.00. The quantitative estimate of drug-likeness (QED) is 0.542. The van der Waals surface area contributed by atoms with Crippen molar-refractivity contribution in [2.75, 3.05) is 0 Å². The van der Waals surface area contributed by atoms with Gasteiger partial charge >= 0.3 is 0 Å². The number of para-hydroxylation sites is 2. The molecule has 0 aliphatic carbocycles. The summed E-state index contributed by atoms with van der Waals surface area (Å²) in [5.74, 6) is -0.124. The number of aryl methyl sites for hydroxylation is 1. The average Bonchev–Trinajstić information content (AvgIpc) is 3.15. The molecule has 23 heavy (non-hydrogen) atoms. The van der Waals surface area contributed by atoms with E-state index in [1.165, 1.54) is 0 Å². The molecule has 0 atom stereocenters. The fourth-order valence-electron chi connectivity index (χ4n) is 2.78. The van der Waals surface area contributed by atoms with E-state index in [1.807, 2.05) is 53.9 Å². The lowest BCUT2D eigenvalue weighted by Crippen LogP contribution is -2.15. The Bertz CT molecular complexity index is 1050. The minimum absolute atomic E-state index is 0.124. The summed E-state index contributed by atoms with van der Waals surface area (Å²) in [5.41, 5.74) is 3.72. The van der Waals surface area contributed by atoms with Crippen molar-refractivity contribution in [2.45, 2.75) is 13.3 Å². The molecule has 5 nitrogen and oxygen atoms in total. The molecule has 0 saturated heterocycles. The zero-order valence-electron chi connectivity index (χ0n) is 12.4. The Morgan fingerprint density at radius 1 is 1.22 bits per heavy atom. The smallest absolute Gasteiger partial charge is 0.282 e. The van der Waals surface area contributed by atoms with Crippen LogP contribution in [0.2, 0.25) is 0 Å². The molecule has 0 N–H and O–H groups in total. The molecular weight excluding hydrogens is 356 g/mol. The second-order valence-electron chi connectivity index (χ2n) is 5.24. The van der Waals surface area contributed by atoms with Gasteiger partial charge in [0.2, 0.25) is 0 Å². The Labute approximate surface area is 140 Å². The van der Waals surface area contributed by atoms with Crippen LogP contribution in [0.1, 0.15) is 23.1 Å². The second kappa shape index (κ2) is 5.31. The van der Waals surface area contributed by atoms with Crippen LogP contribution in [0.3, 0.4) is 0 Å². The average molecular weight is 369 g/mol. The number of imidazole rings is 2. The number of halogens is 1. The standard InChI is InChI=1S/C17H13BrN4O/c1-2-12-16(21-9-11(18)7-8-15(21)20-12)17(23)22-10-19-13-5-3-4-6-14(13)22/h3-10H,2H2,1H3. The maximum Gasteiger partial charge on any atom is 0.282 e. The second-order valence-corrected chi connectivity index (χ2v) is 6.16. The summed E-state index contributed by atoms with van der Waals surface area (Å²) >= 11 is 3.46. The van der Waals surface area contributed by atoms with E-state index in [0.29, 0.717) is 12.1 Å². The van der Waals surface area contributed by atoms with Gasteiger partial charge in [-0.25, -0.2) is 9.97 Å². The first-order chi connectivity index (χ1) is 11.2. The highest BCUT2D eigenvalue weighted by atomic mass is 79.9. The maximum absolute atomic E-state index is 13.1. The normalized spacial score (nSPS) is 11.4. The Kier molecular flexibility index (Phi) is 3.27. The van der Waals surface area contributed by atoms with Gasteiger partial charge in [-0.1, -0.05) is 19.1 Å². The first kappa shape index (κ1) is 14.1. The van der Waals surface area contributed by atoms with Gasteiger partial charge in [-0.15, -0.1) is 0 Å². The lowest BCUT2D eigenvalue weighted by atomic mass is 10.2. The summed E-state index contributed by atoms with van der Waals surface area (Å²) in [7, 11) is 0. The summed E-state index contributed by atoms with van der Waals surface area (Å²) in [5, 5.41) is 0. The van der Waals surface area contributed by atoms with Crippen LogP contribution in [0, 0.1) is 0 Å². The van der Waals surface area contributed by atoms with Gasteiger partial charge < -0.3 is 0 Å². The molecule has 0 radical (unpaired) electrons. The van der Waals surface area contributed by atoms with E-state index in [0.717, 1.165) is 26.8 Å². The van der Waals surface area contributed by atoms with Crippen molar-refractivity contribution in [3.05, 3.63) is 64.8 Å². The van der Waals surface area contributed by atoms with E-state index < -0.39 is 0 Å². The van der Waals surface area contributed by atoms with Crippen molar-refractivity contribution in [3.8, 4) is 0 Å². The predicted octanol–water partition coefficient (Wildman–Crippen LogP) is 3.70. The van der Waals surface area contributed by atoms with Crippen LogP contribution in [-0.4, -0.2) is 24.8 Å². The molecule has 6 heteroatoms. The molecule has 0 aliphatic heterocycles. The number of hydrogen-bond acceptors (Lipinski definition) is 3. The molecule has 114 valence electrons. The van der Waals surface area contributed by atoms with Crippen molar-refractivity contribution >= 4 is 38.5 Å². The molecule has 0 spiro atoms. The molecule has 1 aromatic carbocycles. The number of aromatic nitrogens is 4. The van der Waals surface area contributed by atoms with Gasteiger partial charge in [0.15, 0.2) is 0 Å². The molecule has 0 unspecified atom stereocenters. The van der Waals surface area contributed by atoms with E-state index in [2.05, 4.69) is 25.9 Å². The number of rotatable bonds is 2. The number of hydrogen-bond donors (Lipinski definition) is 0. The number of fused-ring (bicyclic) bond motifs is 2. The molecule has 0 aliphatic rings. The lowest BCUT2D eigenvalue weighted by Gasteiger charge is -2.05. The van der Waals surface area contributed by atoms with Crippen LogP contribution in [-0.2, 0) is 6.42 Å². The summed E-state index contributed by atoms with van der Waals surface area (Å²) < 4.78 is 4.31. The first-order valence-corrected chi connectivity index (χ1v) is 8.11. The topological polar surface area (TPSA) is 52.2 Å². The van der Waals surface area contributed by atoms with E-state index in [9.17, 15) is 4.79 Å². The maximum atomic E-state index is 13.1. The largest absolute Gasteiger partial charge is 0.294 e. The van der Waals surface area contributed by atoms with Crippen LogP contribution in [0.5, 0.6) is 0 Å². The molecule has 0 amide bonds. The fraction of sp³-hybridized carbons (Fsp3) is 0.118. The van der Waals surface area contributed by atoms with Crippen molar-refractivity contribution < 1.29 is 4.79 Å². The molecule has 4 rings (SSSR count). The molecule has 3 aromatic heterocycles. The molecule has 0 saturated carbocycles. The third-order valence-corrected chi connectivity index (χ3v) is 4.33. The number of carbonyl (C=O) groups is 1. The van der Waals surface area contributed by atoms with Crippen molar-refractivity contribution in [1.29, 1.82) is 0 Å². The van der Waals surface area contributed by atoms with Gasteiger partial charge in [0.1, 0.15) is 17.7 Å². The van der Waals surface area contributed by atoms with E-state index >= 15 is 0 Å². The fourth-order valence-corrected chi connectivity index (χ4v) is 3.11. The number of benzene rings is 1. The Hall–Kier alpha value is -2.47. The van der Waals surface area contributed by atoms with Crippen molar-refractivity contribution in [3.63, 3.8) is 0 Å². The Balaban J connectivity index is 1.97. The van der Waals surface area contributed by atoms with Gasteiger partial charge in [-0.05, 0) is 46.6 Å². The van der Waals surface area contributed by atoms with Gasteiger partial charge in [0, 0.05) is 10.7 Å². The van der Waals surface area contributed by atoms with Crippen molar-refractivity contribution in [1.82, 2.24) is 18.9 Å². The molecule has 0 fully saturated rings. The van der Waals surface area contributed by atoms with E-state index in [-0.39, 0.29) is 5.91 Å². The number of nitrogens with zero attached hydrogens (tertiary/aromatic N) is 4. The van der Waals surface area contributed by atoms with Gasteiger partial charge in [-0.2, -0.15) is 0 Å². The monoisotopic (exact) mass is 368 g/mol. The Morgan fingerprint density at radius 3 is 2.87 bits per heavy atom. The third-order valence-electron chi connectivity index (χ3n) is 3.86. The molecular formula is C17H13BrN4O. The number of pyridine rings is 1. The zero-order valence-corrected chi connectivity index (χ0v) is 14.0. The van der Waals surface area contributed by atoms with E-state index in [4.69, 9.17) is 0 Å². The van der Waals surface area contributed by atoms with Crippen LogP contribution >= 0.6 is 15.9 Å². The van der Waals surface area contributed by atoms with Crippen LogP contribution in [0.25, 0.3) is 16.7 Å². The zero-order chi connectivity index (χ0) is 16.0. The highest BCUT2D eigenvalue weighted by molar-refractivity contribution is 9.10. The molecule has 4 aromatic rings. The highest BCUT2D eigenvalue weighted by Gasteiger charge is 2.21. The lowest BCUT2D eigenvalue weighted by molar-refractivity contribution is 0.0957. The SMILES string of the molecule is CCc1nc2ccc(Br)cn2c1C(=O)n1cnc2ccccc21. The first-order valence-electron chi connectivity index (χ1n) is 7.32. The van der Waals surface area contributed by atoms with Gasteiger partial charge in [-0.3, -0.25) is 13.8 Å². The summed E-state index contributed by atoms with van der Waals surface area (Å²) in [6, 6.07) is 11.4. The van der Waals surface area contributed by atoms with E-state index in [1.54, 1.807) is 10.9 Å². The summed E-state index contributed by atoms with van der Waals surface area (Å²) in [4.78, 5) is 22.0. The van der Waals surface area contributed by atoms with Crippen LogP contribution in [0.4, 0.5) is 0 Å². The summed E-state index contributed by atoms with van der Waals surface area (Å²) in [6.07, 6.45) is 4.13. The minimum atomic E-state index is -0.124. The molecule has 0 bridgehead atoms. The van der Waals surface area contributed by atoms with Crippen LogP contribution in [0.15, 0.2) is 53.4 Å². The highest BCUT2D eigenvalue weighted by Crippen LogP contribution is 2.20. The Morgan fingerprint density at radius 2 is 2.04 bits per heavy atom. The van der Waals surface area contributed by atoms with Crippen molar-refractivity contribution in [2.24, 2.45) is 0 Å². The van der Waals surface area contributed by atoms with Crippen LogP contribution < -0.4 is 0 Å².